The van der Waals surface area contributed by atoms with Crippen LogP contribution in [-0.2, 0) is 4.79 Å². The number of carbonyl (C=O) groups is 2. The number of ether oxygens (including phenoxy) is 1. The number of rotatable bonds is 2. The van der Waals surface area contributed by atoms with Crippen molar-refractivity contribution in [3.05, 3.63) is 46.4 Å². The van der Waals surface area contributed by atoms with Crippen molar-refractivity contribution in [2.24, 2.45) is 0 Å². The molecule has 1 aliphatic rings. The number of nitrogens with one attached hydrogen (secondary N) is 3. The first-order valence-corrected chi connectivity index (χ1v) is 7.82. The standard InChI is InChI=1S/C16H13Cl2N3O3/c1-8-15(22)21-13-7-10(3-5-14(13)24-8)20-16(23)19-9-2-4-11(17)12(18)6-9/h2-8H,1H3,(H,21,22)(H2,19,20,23). The zero-order chi connectivity index (χ0) is 17.3. The number of urea groups is 1. The molecule has 2 aromatic carbocycles. The average molecular weight is 366 g/mol. The smallest absolute Gasteiger partial charge is 0.323 e. The van der Waals surface area contributed by atoms with E-state index in [1.54, 1.807) is 43.3 Å². The second kappa shape index (κ2) is 6.59. The van der Waals surface area contributed by atoms with Crippen molar-refractivity contribution in [3.63, 3.8) is 0 Å². The number of anilines is 3. The van der Waals surface area contributed by atoms with Gasteiger partial charge in [0, 0.05) is 11.4 Å². The first-order valence-electron chi connectivity index (χ1n) is 7.07. The predicted octanol–water partition coefficient (Wildman–Crippen LogP) is 4.36. The van der Waals surface area contributed by atoms with Gasteiger partial charge in [-0.1, -0.05) is 23.2 Å². The van der Waals surface area contributed by atoms with E-state index < -0.39 is 12.1 Å². The second-order valence-electron chi connectivity index (χ2n) is 5.17. The molecular formula is C16H13Cl2N3O3. The molecule has 0 fully saturated rings. The molecule has 124 valence electrons. The molecule has 2 aromatic rings. The van der Waals surface area contributed by atoms with Crippen LogP contribution >= 0.6 is 23.2 Å². The fourth-order valence-electron chi connectivity index (χ4n) is 2.15. The van der Waals surface area contributed by atoms with Gasteiger partial charge >= 0.3 is 6.03 Å². The van der Waals surface area contributed by atoms with E-state index in [1.807, 2.05) is 0 Å². The average Bonchev–Trinajstić information content (AvgIpc) is 2.52. The number of hydrogen-bond acceptors (Lipinski definition) is 3. The van der Waals surface area contributed by atoms with Gasteiger partial charge in [-0.3, -0.25) is 4.79 Å². The summed E-state index contributed by atoms with van der Waals surface area (Å²) >= 11 is 11.7. The Morgan fingerprint density at radius 1 is 1.08 bits per heavy atom. The number of carbonyl (C=O) groups excluding carboxylic acids is 2. The van der Waals surface area contributed by atoms with E-state index >= 15 is 0 Å². The summed E-state index contributed by atoms with van der Waals surface area (Å²) in [7, 11) is 0. The minimum atomic E-state index is -0.547. The molecule has 3 amide bonds. The molecule has 24 heavy (non-hydrogen) atoms. The highest BCUT2D eigenvalue weighted by Gasteiger charge is 2.23. The lowest BCUT2D eigenvalue weighted by atomic mass is 10.2. The molecular weight excluding hydrogens is 353 g/mol. The van der Waals surface area contributed by atoms with E-state index in [2.05, 4.69) is 16.0 Å². The van der Waals surface area contributed by atoms with Gasteiger partial charge in [-0.05, 0) is 43.3 Å². The maximum absolute atomic E-state index is 12.0. The molecule has 1 aliphatic heterocycles. The second-order valence-corrected chi connectivity index (χ2v) is 5.98. The number of benzene rings is 2. The van der Waals surface area contributed by atoms with E-state index in [0.717, 1.165) is 0 Å². The van der Waals surface area contributed by atoms with Crippen molar-refractivity contribution in [2.45, 2.75) is 13.0 Å². The molecule has 6 nitrogen and oxygen atoms in total. The molecule has 0 saturated heterocycles. The third-order valence-corrected chi connectivity index (χ3v) is 4.08. The summed E-state index contributed by atoms with van der Waals surface area (Å²) in [6, 6.07) is 9.30. The van der Waals surface area contributed by atoms with Gasteiger partial charge in [-0.2, -0.15) is 0 Å². The third kappa shape index (κ3) is 3.55. The van der Waals surface area contributed by atoms with Crippen molar-refractivity contribution >= 4 is 52.2 Å². The lowest BCUT2D eigenvalue weighted by Crippen LogP contribution is -2.34. The van der Waals surface area contributed by atoms with E-state index in [9.17, 15) is 9.59 Å². The molecule has 0 aromatic heterocycles. The molecule has 0 radical (unpaired) electrons. The van der Waals surface area contributed by atoms with E-state index in [1.165, 1.54) is 0 Å². The predicted molar refractivity (Wildman–Crippen MR) is 94.3 cm³/mol. The van der Waals surface area contributed by atoms with Gasteiger partial charge in [0.05, 0.1) is 15.7 Å². The van der Waals surface area contributed by atoms with Crippen molar-refractivity contribution in [2.75, 3.05) is 16.0 Å². The molecule has 0 saturated carbocycles. The number of amides is 3. The van der Waals surface area contributed by atoms with Gasteiger partial charge in [-0.15, -0.1) is 0 Å². The molecule has 0 aliphatic carbocycles. The zero-order valence-corrected chi connectivity index (χ0v) is 14.0. The molecule has 0 bridgehead atoms. The van der Waals surface area contributed by atoms with Crippen LogP contribution in [0, 0.1) is 0 Å². The summed E-state index contributed by atoms with van der Waals surface area (Å²) in [5.41, 5.74) is 1.51. The number of hydrogen-bond donors (Lipinski definition) is 3. The fraction of sp³-hybridized carbons (Fsp3) is 0.125. The van der Waals surface area contributed by atoms with Gasteiger partial charge in [0.15, 0.2) is 6.10 Å². The Bertz CT molecular complexity index is 826. The van der Waals surface area contributed by atoms with Crippen molar-refractivity contribution in [1.29, 1.82) is 0 Å². The molecule has 0 spiro atoms. The minimum absolute atomic E-state index is 0.236. The van der Waals surface area contributed by atoms with Gasteiger partial charge in [-0.25, -0.2) is 4.79 Å². The number of fused-ring (bicyclic) bond motifs is 1. The summed E-state index contributed by atoms with van der Waals surface area (Å²) in [6.45, 7) is 1.66. The Morgan fingerprint density at radius 2 is 1.75 bits per heavy atom. The Hall–Kier alpha value is -2.44. The zero-order valence-electron chi connectivity index (χ0n) is 12.5. The van der Waals surface area contributed by atoms with Gasteiger partial charge < -0.3 is 20.7 Å². The van der Waals surface area contributed by atoms with Gasteiger partial charge in [0.1, 0.15) is 5.75 Å². The quantitative estimate of drug-likeness (QED) is 0.739. The van der Waals surface area contributed by atoms with Crippen LogP contribution in [0.2, 0.25) is 10.0 Å². The molecule has 8 heteroatoms. The third-order valence-electron chi connectivity index (χ3n) is 3.35. The largest absolute Gasteiger partial charge is 0.479 e. The van der Waals surface area contributed by atoms with Crippen molar-refractivity contribution in [3.8, 4) is 5.75 Å². The Kier molecular flexibility index (Phi) is 4.51. The molecule has 1 heterocycles. The van der Waals surface area contributed by atoms with Crippen molar-refractivity contribution < 1.29 is 14.3 Å². The highest BCUT2D eigenvalue weighted by molar-refractivity contribution is 6.42. The van der Waals surface area contributed by atoms with Crippen LogP contribution in [0.15, 0.2) is 36.4 Å². The fourth-order valence-corrected chi connectivity index (χ4v) is 2.45. The molecule has 3 N–H and O–H groups in total. The van der Waals surface area contributed by atoms with Crippen LogP contribution in [-0.4, -0.2) is 18.0 Å². The summed E-state index contributed by atoms with van der Waals surface area (Å²) in [4.78, 5) is 23.7. The first-order chi connectivity index (χ1) is 11.4. The van der Waals surface area contributed by atoms with E-state index in [0.29, 0.717) is 32.9 Å². The van der Waals surface area contributed by atoms with E-state index in [-0.39, 0.29) is 5.91 Å². The normalized spacial score (nSPS) is 15.8. The van der Waals surface area contributed by atoms with Crippen LogP contribution in [0.25, 0.3) is 0 Å². The molecule has 1 atom stereocenters. The lowest BCUT2D eigenvalue weighted by molar-refractivity contribution is -0.122. The van der Waals surface area contributed by atoms with E-state index in [4.69, 9.17) is 27.9 Å². The SMILES string of the molecule is CC1Oc2ccc(NC(=O)Nc3ccc(Cl)c(Cl)c3)cc2NC1=O. The van der Waals surface area contributed by atoms with Gasteiger partial charge in [0.25, 0.3) is 5.91 Å². The van der Waals surface area contributed by atoms with Crippen LogP contribution in [0.3, 0.4) is 0 Å². The van der Waals surface area contributed by atoms with Crippen LogP contribution in [0.4, 0.5) is 21.9 Å². The Balaban J connectivity index is 1.69. The van der Waals surface area contributed by atoms with Crippen LogP contribution < -0.4 is 20.7 Å². The number of halogens is 2. The topological polar surface area (TPSA) is 79.5 Å². The van der Waals surface area contributed by atoms with Crippen LogP contribution in [0.5, 0.6) is 5.75 Å². The van der Waals surface area contributed by atoms with Crippen molar-refractivity contribution in [1.82, 2.24) is 0 Å². The summed E-state index contributed by atoms with van der Waals surface area (Å²) in [5, 5.41) is 8.78. The Morgan fingerprint density at radius 3 is 2.46 bits per heavy atom. The summed E-state index contributed by atoms with van der Waals surface area (Å²) in [6.07, 6.45) is -0.547. The highest BCUT2D eigenvalue weighted by atomic mass is 35.5. The monoisotopic (exact) mass is 365 g/mol. The van der Waals surface area contributed by atoms with Crippen LogP contribution in [0.1, 0.15) is 6.92 Å². The van der Waals surface area contributed by atoms with Gasteiger partial charge in [0.2, 0.25) is 0 Å². The summed E-state index contributed by atoms with van der Waals surface area (Å²) in [5.74, 6) is 0.317. The first kappa shape index (κ1) is 16.4. The Labute approximate surface area is 148 Å². The maximum atomic E-state index is 12.0. The minimum Gasteiger partial charge on any atom is -0.479 e. The maximum Gasteiger partial charge on any atom is 0.323 e. The highest BCUT2D eigenvalue weighted by Crippen LogP contribution is 2.32. The molecule has 1 unspecified atom stereocenters. The summed E-state index contributed by atoms with van der Waals surface area (Å²) < 4.78 is 5.46. The lowest BCUT2D eigenvalue weighted by Gasteiger charge is -2.23. The molecule has 3 rings (SSSR count).